The van der Waals surface area contributed by atoms with E-state index < -0.39 is 30.3 Å². The highest BCUT2D eigenvalue weighted by atomic mass is 19.1. The molecule has 0 heterocycles. The first-order valence-electron chi connectivity index (χ1n) is 5.86. The lowest BCUT2D eigenvalue weighted by Gasteiger charge is -2.15. The zero-order valence-electron chi connectivity index (χ0n) is 11.2. The van der Waals surface area contributed by atoms with Gasteiger partial charge < -0.3 is 19.9 Å². The average molecular weight is 285 g/mol. The number of ether oxygens (including phenoxy) is 2. The van der Waals surface area contributed by atoms with Gasteiger partial charge >= 0.3 is 5.97 Å². The van der Waals surface area contributed by atoms with Crippen LogP contribution in [0.2, 0.25) is 0 Å². The Kier molecular flexibility index (Phi) is 5.92. The summed E-state index contributed by atoms with van der Waals surface area (Å²) in [5.41, 5.74) is 0.565. The van der Waals surface area contributed by atoms with Gasteiger partial charge in [-0.2, -0.15) is 0 Å². The molecule has 1 amide bonds. The number of carboxylic acids is 1. The van der Waals surface area contributed by atoms with Gasteiger partial charge in [0.25, 0.3) is 0 Å². The number of nitrogens with one attached hydrogen (secondary N) is 1. The van der Waals surface area contributed by atoms with Crippen molar-refractivity contribution < 1.29 is 28.6 Å². The molecule has 6 nitrogen and oxygen atoms in total. The van der Waals surface area contributed by atoms with Gasteiger partial charge in [0.1, 0.15) is 13.2 Å². The van der Waals surface area contributed by atoms with Gasteiger partial charge in [-0.15, -0.1) is 0 Å². The number of benzene rings is 1. The zero-order valence-corrected chi connectivity index (χ0v) is 11.2. The van der Waals surface area contributed by atoms with Crippen molar-refractivity contribution in [3.05, 3.63) is 29.6 Å². The van der Waals surface area contributed by atoms with E-state index in [1.54, 1.807) is 13.0 Å². The number of carbonyl (C=O) groups is 2. The first-order chi connectivity index (χ1) is 9.43. The van der Waals surface area contributed by atoms with Crippen molar-refractivity contribution in [2.75, 3.05) is 20.3 Å². The highest BCUT2D eigenvalue weighted by Gasteiger charge is 2.12. The van der Waals surface area contributed by atoms with E-state index in [1.165, 1.54) is 19.2 Å². The SMILES string of the molecule is COc1ccc(C(C)NC(=O)COCC(=O)O)cc1F. The van der Waals surface area contributed by atoms with Gasteiger partial charge in [0, 0.05) is 0 Å². The van der Waals surface area contributed by atoms with Crippen LogP contribution in [0.3, 0.4) is 0 Å². The predicted octanol–water partition coefficient (Wildman–Crippen LogP) is 1.11. The Morgan fingerprint density at radius 3 is 2.65 bits per heavy atom. The molecule has 2 N–H and O–H groups in total. The maximum atomic E-state index is 13.5. The largest absolute Gasteiger partial charge is 0.494 e. The van der Waals surface area contributed by atoms with Crippen molar-refractivity contribution in [3.8, 4) is 5.75 Å². The third-order valence-corrected chi connectivity index (χ3v) is 2.51. The molecule has 0 aliphatic rings. The van der Waals surface area contributed by atoms with Crippen LogP contribution in [0.4, 0.5) is 4.39 Å². The number of hydrogen-bond donors (Lipinski definition) is 2. The lowest BCUT2D eigenvalue weighted by atomic mass is 10.1. The summed E-state index contributed by atoms with van der Waals surface area (Å²) < 4.78 is 23.0. The van der Waals surface area contributed by atoms with E-state index >= 15 is 0 Å². The van der Waals surface area contributed by atoms with E-state index in [0.29, 0.717) is 5.56 Å². The Hall–Kier alpha value is -2.15. The van der Waals surface area contributed by atoms with Crippen molar-refractivity contribution in [3.63, 3.8) is 0 Å². The summed E-state index contributed by atoms with van der Waals surface area (Å²) in [6.45, 7) is 0.768. The summed E-state index contributed by atoms with van der Waals surface area (Å²) in [7, 11) is 1.36. The molecule has 20 heavy (non-hydrogen) atoms. The molecule has 0 spiro atoms. The van der Waals surface area contributed by atoms with Crippen LogP contribution in [0.1, 0.15) is 18.5 Å². The molecule has 0 fully saturated rings. The molecular formula is C13H16FNO5. The molecule has 1 rings (SSSR count). The molecule has 0 aliphatic carbocycles. The molecule has 0 aromatic heterocycles. The molecule has 1 unspecified atom stereocenters. The number of halogens is 1. The van der Waals surface area contributed by atoms with Crippen LogP contribution in [0.5, 0.6) is 5.75 Å². The summed E-state index contributed by atoms with van der Waals surface area (Å²) >= 11 is 0. The van der Waals surface area contributed by atoms with Crippen LogP contribution in [-0.4, -0.2) is 37.3 Å². The zero-order chi connectivity index (χ0) is 15.1. The summed E-state index contributed by atoms with van der Waals surface area (Å²) in [4.78, 5) is 21.7. The summed E-state index contributed by atoms with van der Waals surface area (Å²) in [5, 5.41) is 10.9. The lowest BCUT2D eigenvalue weighted by molar-refractivity contribution is -0.143. The minimum Gasteiger partial charge on any atom is -0.494 e. The Labute approximate surface area is 115 Å². The van der Waals surface area contributed by atoms with Crippen molar-refractivity contribution in [2.45, 2.75) is 13.0 Å². The van der Waals surface area contributed by atoms with Gasteiger partial charge in [-0.3, -0.25) is 4.79 Å². The molecule has 0 aliphatic heterocycles. The summed E-state index contributed by atoms with van der Waals surface area (Å²) in [5.74, 6) is -2.02. The van der Waals surface area contributed by atoms with Crippen molar-refractivity contribution in [1.82, 2.24) is 5.32 Å². The lowest BCUT2D eigenvalue weighted by Crippen LogP contribution is -2.31. The summed E-state index contributed by atoms with van der Waals surface area (Å²) in [6, 6.07) is 3.93. The highest BCUT2D eigenvalue weighted by Crippen LogP contribution is 2.21. The van der Waals surface area contributed by atoms with E-state index in [4.69, 9.17) is 9.84 Å². The minimum absolute atomic E-state index is 0.122. The molecule has 0 bridgehead atoms. The van der Waals surface area contributed by atoms with E-state index in [9.17, 15) is 14.0 Å². The van der Waals surface area contributed by atoms with Crippen LogP contribution >= 0.6 is 0 Å². The highest BCUT2D eigenvalue weighted by molar-refractivity contribution is 5.78. The first kappa shape index (κ1) is 15.9. The number of rotatable bonds is 7. The van der Waals surface area contributed by atoms with Crippen LogP contribution in [-0.2, 0) is 14.3 Å². The van der Waals surface area contributed by atoms with Crippen LogP contribution in [0, 0.1) is 5.82 Å². The van der Waals surface area contributed by atoms with Crippen molar-refractivity contribution in [2.24, 2.45) is 0 Å². The number of aliphatic carboxylic acids is 1. The van der Waals surface area contributed by atoms with Gasteiger partial charge in [-0.1, -0.05) is 6.07 Å². The van der Waals surface area contributed by atoms with Gasteiger partial charge in [-0.05, 0) is 24.6 Å². The second kappa shape index (κ2) is 7.44. The normalized spacial score (nSPS) is 11.8. The fourth-order valence-corrected chi connectivity index (χ4v) is 1.55. The first-order valence-corrected chi connectivity index (χ1v) is 5.86. The maximum Gasteiger partial charge on any atom is 0.329 e. The molecule has 0 saturated carbocycles. The van der Waals surface area contributed by atoms with Gasteiger partial charge in [-0.25, -0.2) is 9.18 Å². The Bertz CT molecular complexity index is 492. The van der Waals surface area contributed by atoms with Crippen molar-refractivity contribution in [1.29, 1.82) is 0 Å². The molecule has 110 valence electrons. The number of carboxylic acid groups (broad SMARTS) is 1. The molecular weight excluding hydrogens is 269 g/mol. The molecule has 1 aromatic carbocycles. The van der Waals surface area contributed by atoms with Gasteiger partial charge in [0.05, 0.1) is 13.2 Å². The van der Waals surface area contributed by atoms with E-state index in [0.717, 1.165) is 0 Å². The predicted molar refractivity (Wildman–Crippen MR) is 68.0 cm³/mol. The standard InChI is InChI=1S/C13H16FNO5/c1-8(15-12(16)6-20-7-13(17)18)9-3-4-11(19-2)10(14)5-9/h3-5,8H,6-7H2,1-2H3,(H,15,16)(H,17,18). The van der Waals surface area contributed by atoms with Crippen LogP contribution in [0.15, 0.2) is 18.2 Å². The van der Waals surface area contributed by atoms with E-state index in [2.05, 4.69) is 10.1 Å². The molecule has 1 atom stereocenters. The van der Waals surface area contributed by atoms with Crippen molar-refractivity contribution >= 4 is 11.9 Å². The van der Waals surface area contributed by atoms with E-state index in [-0.39, 0.29) is 12.4 Å². The Morgan fingerprint density at radius 2 is 2.10 bits per heavy atom. The molecule has 0 saturated heterocycles. The second-order valence-electron chi connectivity index (χ2n) is 4.07. The number of amides is 1. The minimum atomic E-state index is -1.15. The quantitative estimate of drug-likeness (QED) is 0.784. The fourth-order valence-electron chi connectivity index (χ4n) is 1.55. The summed E-state index contributed by atoms with van der Waals surface area (Å²) in [6.07, 6.45) is 0. The molecule has 7 heteroatoms. The number of carbonyl (C=O) groups excluding carboxylic acids is 1. The van der Waals surface area contributed by atoms with Crippen LogP contribution in [0.25, 0.3) is 0 Å². The number of methoxy groups -OCH3 is 1. The third-order valence-electron chi connectivity index (χ3n) is 2.51. The molecule has 1 aromatic rings. The smallest absolute Gasteiger partial charge is 0.329 e. The Morgan fingerprint density at radius 1 is 1.40 bits per heavy atom. The van der Waals surface area contributed by atoms with Gasteiger partial charge in [0.2, 0.25) is 5.91 Å². The van der Waals surface area contributed by atoms with Crippen LogP contribution < -0.4 is 10.1 Å². The topological polar surface area (TPSA) is 84.9 Å². The average Bonchev–Trinajstić information content (AvgIpc) is 2.38. The maximum absolute atomic E-state index is 13.5. The fraction of sp³-hybridized carbons (Fsp3) is 0.385. The Balaban J connectivity index is 2.53. The monoisotopic (exact) mass is 285 g/mol. The number of hydrogen-bond acceptors (Lipinski definition) is 4. The second-order valence-corrected chi connectivity index (χ2v) is 4.07. The van der Waals surface area contributed by atoms with E-state index in [1.807, 2.05) is 0 Å². The third kappa shape index (κ3) is 4.85. The van der Waals surface area contributed by atoms with Gasteiger partial charge in [0.15, 0.2) is 11.6 Å². The molecule has 0 radical (unpaired) electrons.